The molecule has 0 atom stereocenters. The molecule has 1 aliphatic heterocycles. The lowest BCUT2D eigenvalue weighted by atomic mass is 10.4. The Bertz CT molecular complexity index is 294. The molecule has 0 radical (unpaired) electrons. The third-order valence-electron chi connectivity index (χ3n) is 1.65. The highest BCUT2D eigenvalue weighted by atomic mass is 15.5. The van der Waals surface area contributed by atoms with Gasteiger partial charge in [0, 0.05) is 12.6 Å². The maximum atomic E-state index is 5.52. The van der Waals surface area contributed by atoms with Gasteiger partial charge >= 0.3 is 0 Å². The van der Waals surface area contributed by atoms with Gasteiger partial charge < -0.3 is 5.73 Å². The maximum absolute atomic E-state index is 5.52. The predicted molar refractivity (Wildman–Crippen MR) is 45.6 cm³/mol. The third kappa shape index (κ3) is 1.20. The highest BCUT2D eigenvalue weighted by molar-refractivity contribution is 5.83. The first-order chi connectivity index (χ1) is 5.86. The van der Waals surface area contributed by atoms with Crippen molar-refractivity contribution < 1.29 is 0 Å². The molecule has 0 fully saturated rings. The van der Waals surface area contributed by atoms with E-state index in [0.29, 0.717) is 5.84 Å². The first-order valence-corrected chi connectivity index (χ1v) is 3.74. The number of anilines is 1. The topological polar surface area (TPSA) is 67.4 Å². The molecule has 62 valence electrons. The van der Waals surface area contributed by atoms with Gasteiger partial charge in [-0.15, -0.1) is 5.10 Å². The van der Waals surface area contributed by atoms with Crippen molar-refractivity contribution in [2.24, 2.45) is 10.8 Å². The average Bonchev–Trinajstić information content (AvgIpc) is 2.54. The molecule has 1 aliphatic rings. The molecule has 5 nitrogen and oxygen atoms in total. The number of hydrogen-bond donors (Lipinski definition) is 1. The van der Waals surface area contributed by atoms with Crippen LogP contribution in [0.5, 0.6) is 0 Å². The molecule has 1 aromatic rings. The monoisotopic (exact) mass is 163 g/mol. The highest BCUT2D eigenvalue weighted by Crippen LogP contribution is 2.12. The Morgan fingerprint density at radius 2 is 2.42 bits per heavy atom. The van der Waals surface area contributed by atoms with Crippen LogP contribution < -0.4 is 10.7 Å². The van der Waals surface area contributed by atoms with E-state index in [1.807, 2.05) is 12.1 Å². The van der Waals surface area contributed by atoms with Crippen LogP contribution in [0.4, 0.5) is 5.82 Å². The fourth-order valence-corrected chi connectivity index (χ4v) is 1.07. The fraction of sp³-hybridized carbons (Fsp3) is 0.286. The summed E-state index contributed by atoms with van der Waals surface area (Å²) in [5.74, 6) is 1.40. The molecule has 5 heteroatoms. The molecular formula is C7H9N5. The lowest BCUT2D eigenvalue weighted by molar-refractivity contribution is 0.864. The number of hydrogen-bond acceptors (Lipinski definition) is 5. The molecule has 0 aromatic carbocycles. The van der Waals surface area contributed by atoms with Gasteiger partial charge in [0.2, 0.25) is 0 Å². The Balaban J connectivity index is 2.22. The van der Waals surface area contributed by atoms with Crippen molar-refractivity contribution in [3.63, 3.8) is 0 Å². The van der Waals surface area contributed by atoms with E-state index in [4.69, 9.17) is 5.73 Å². The number of hydrazone groups is 1. The van der Waals surface area contributed by atoms with Crippen LogP contribution in [0.2, 0.25) is 0 Å². The van der Waals surface area contributed by atoms with Gasteiger partial charge in [-0.2, -0.15) is 10.2 Å². The zero-order valence-electron chi connectivity index (χ0n) is 6.51. The van der Waals surface area contributed by atoms with Gasteiger partial charge in [-0.1, -0.05) is 0 Å². The van der Waals surface area contributed by atoms with Gasteiger partial charge in [0.05, 0.1) is 6.54 Å². The van der Waals surface area contributed by atoms with E-state index in [0.717, 1.165) is 18.8 Å². The number of nitrogens with zero attached hydrogens (tertiary/aromatic N) is 4. The van der Waals surface area contributed by atoms with Crippen LogP contribution in [0.1, 0.15) is 6.42 Å². The summed E-state index contributed by atoms with van der Waals surface area (Å²) < 4.78 is 0. The zero-order valence-corrected chi connectivity index (χ0v) is 6.51. The minimum atomic E-state index is 0.653. The Labute approximate surface area is 69.9 Å². The molecule has 2 N–H and O–H groups in total. The number of nitrogens with two attached hydrogens (primary N) is 1. The summed E-state index contributed by atoms with van der Waals surface area (Å²) in [4.78, 5) is 0. The van der Waals surface area contributed by atoms with E-state index in [1.54, 1.807) is 11.2 Å². The van der Waals surface area contributed by atoms with Gasteiger partial charge in [-0.25, -0.2) is 5.01 Å². The van der Waals surface area contributed by atoms with E-state index in [-0.39, 0.29) is 0 Å². The number of aromatic nitrogens is 2. The van der Waals surface area contributed by atoms with Crippen molar-refractivity contribution in [1.29, 1.82) is 0 Å². The second-order valence-corrected chi connectivity index (χ2v) is 2.55. The Morgan fingerprint density at radius 1 is 1.50 bits per heavy atom. The van der Waals surface area contributed by atoms with Crippen molar-refractivity contribution in [2.75, 3.05) is 11.6 Å². The predicted octanol–water partition coefficient (Wildman–Crippen LogP) is -0.0411. The summed E-state index contributed by atoms with van der Waals surface area (Å²) in [6.45, 7) is 0.796. The summed E-state index contributed by atoms with van der Waals surface area (Å²) in [5.41, 5.74) is 5.52. The first kappa shape index (κ1) is 7.02. The lowest BCUT2D eigenvalue weighted by Gasteiger charge is -2.09. The van der Waals surface area contributed by atoms with E-state index >= 15 is 0 Å². The summed E-state index contributed by atoms with van der Waals surface area (Å²) in [6.07, 6.45) is 2.43. The molecular weight excluding hydrogens is 154 g/mol. The molecule has 0 spiro atoms. The van der Waals surface area contributed by atoms with Crippen molar-refractivity contribution in [3.8, 4) is 0 Å². The standard InChI is InChI=1S/C7H9N5/c8-6-3-5-12(11-6)7-2-1-4-9-10-7/h1-2,4H,3,5H2,(H2,8,11). The molecule has 0 saturated carbocycles. The smallest absolute Gasteiger partial charge is 0.171 e. The van der Waals surface area contributed by atoms with Crippen LogP contribution in [-0.2, 0) is 0 Å². The van der Waals surface area contributed by atoms with Crippen LogP contribution in [0.3, 0.4) is 0 Å². The van der Waals surface area contributed by atoms with E-state index < -0.39 is 0 Å². The summed E-state index contributed by atoms with van der Waals surface area (Å²) >= 11 is 0. The van der Waals surface area contributed by atoms with Crippen LogP contribution in [0, 0.1) is 0 Å². The van der Waals surface area contributed by atoms with Crippen molar-refractivity contribution in [3.05, 3.63) is 18.3 Å². The molecule has 0 saturated heterocycles. The first-order valence-electron chi connectivity index (χ1n) is 3.74. The Morgan fingerprint density at radius 3 is 3.00 bits per heavy atom. The normalized spacial score (nSPS) is 16.3. The van der Waals surface area contributed by atoms with Gasteiger partial charge in [0.1, 0.15) is 5.84 Å². The van der Waals surface area contributed by atoms with Crippen LogP contribution in [-0.4, -0.2) is 22.6 Å². The van der Waals surface area contributed by atoms with Crippen LogP contribution in [0.25, 0.3) is 0 Å². The minimum absolute atomic E-state index is 0.653. The molecule has 2 heterocycles. The molecule has 0 unspecified atom stereocenters. The maximum Gasteiger partial charge on any atom is 0.171 e. The molecule has 0 amide bonds. The van der Waals surface area contributed by atoms with E-state index in [9.17, 15) is 0 Å². The second-order valence-electron chi connectivity index (χ2n) is 2.55. The quantitative estimate of drug-likeness (QED) is 0.630. The van der Waals surface area contributed by atoms with Crippen LogP contribution >= 0.6 is 0 Å². The van der Waals surface area contributed by atoms with E-state index in [1.165, 1.54) is 0 Å². The van der Waals surface area contributed by atoms with Gasteiger partial charge in [-0.3, -0.25) is 0 Å². The third-order valence-corrected chi connectivity index (χ3v) is 1.65. The minimum Gasteiger partial charge on any atom is -0.386 e. The molecule has 12 heavy (non-hydrogen) atoms. The van der Waals surface area contributed by atoms with Crippen molar-refractivity contribution >= 4 is 11.7 Å². The summed E-state index contributed by atoms with van der Waals surface area (Å²) in [5, 5.41) is 13.5. The molecule has 0 aliphatic carbocycles. The average molecular weight is 163 g/mol. The molecule has 0 bridgehead atoms. The number of rotatable bonds is 1. The van der Waals surface area contributed by atoms with E-state index in [2.05, 4.69) is 15.3 Å². The van der Waals surface area contributed by atoms with Crippen LogP contribution in [0.15, 0.2) is 23.4 Å². The van der Waals surface area contributed by atoms with Gasteiger partial charge in [-0.05, 0) is 12.1 Å². The zero-order chi connectivity index (χ0) is 8.39. The van der Waals surface area contributed by atoms with Crippen molar-refractivity contribution in [2.45, 2.75) is 6.42 Å². The van der Waals surface area contributed by atoms with Crippen molar-refractivity contribution in [1.82, 2.24) is 10.2 Å². The summed E-state index contributed by atoms with van der Waals surface area (Å²) in [7, 11) is 0. The SMILES string of the molecule is NC1=NN(c2cccnn2)CC1. The number of amidine groups is 1. The Hall–Kier alpha value is -1.65. The fourth-order valence-electron chi connectivity index (χ4n) is 1.07. The lowest BCUT2D eigenvalue weighted by Crippen LogP contribution is -2.13. The molecule has 2 rings (SSSR count). The van der Waals surface area contributed by atoms with Gasteiger partial charge in [0.25, 0.3) is 0 Å². The Kier molecular flexibility index (Phi) is 1.62. The second kappa shape index (κ2) is 2.77. The highest BCUT2D eigenvalue weighted by Gasteiger charge is 2.13. The van der Waals surface area contributed by atoms with Gasteiger partial charge in [0.15, 0.2) is 5.82 Å². The molecule has 1 aromatic heterocycles. The largest absolute Gasteiger partial charge is 0.386 e. The summed E-state index contributed by atoms with van der Waals surface area (Å²) in [6, 6.07) is 3.68.